The lowest BCUT2D eigenvalue weighted by molar-refractivity contribution is 0.0943. The summed E-state index contributed by atoms with van der Waals surface area (Å²) in [6.45, 7) is 2.00. The average Bonchev–Trinajstić information content (AvgIpc) is 2.93. The van der Waals surface area contributed by atoms with Crippen LogP contribution in [0.2, 0.25) is 0 Å². The number of hydrogen-bond donors (Lipinski definition) is 2. The molecule has 1 aliphatic carbocycles. The van der Waals surface area contributed by atoms with Crippen molar-refractivity contribution in [2.75, 3.05) is 0 Å². The Kier molecular flexibility index (Phi) is 4.94. The largest absolute Gasteiger partial charge is 0.360 e. The highest BCUT2D eigenvalue weighted by atomic mass is 16.1. The minimum atomic E-state index is -0.122. The minimum absolute atomic E-state index is 0.122. The third-order valence-corrected chi connectivity index (χ3v) is 4.84. The van der Waals surface area contributed by atoms with Crippen LogP contribution in [-0.2, 0) is 0 Å². The van der Waals surface area contributed by atoms with Gasteiger partial charge in [-0.1, -0.05) is 50.3 Å². The molecule has 1 aliphatic rings. The molecule has 1 saturated carbocycles. The van der Waals surface area contributed by atoms with Crippen LogP contribution in [0.4, 0.5) is 0 Å². The second-order valence-electron chi connectivity index (χ2n) is 6.54. The smallest absolute Gasteiger partial charge is 0.181 e. The molecule has 1 atom stereocenters. The summed E-state index contributed by atoms with van der Waals surface area (Å²) in [6.07, 6.45) is 10.9. The maximum absolute atomic E-state index is 12.8. The van der Waals surface area contributed by atoms with Gasteiger partial charge in [0.05, 0.1) is 6.04 Å². The van der Waals surface area contributed by atoms with Gasteiger partial charge in [-0.25, -0.2) is 0 Å². The van der Waals surface area contributed by atoms with Crippen LogP contribution >= 0.6 is 0 Å². The number of hydrogen-bond acceptors (Lipinski definition) is 2. The highest BCUT2D eigenvalue weighted by Gasteiger charge is 2.21. The molecule has 1 heterocycles. The Bertz CT molecular complexity index is 623. The van der Waals surface area contributed by atoms with Gasteiger partial charge >= 0.3 is 0 Å². The summed E-state index contributed by atoms with van der Waals surface area (Å²) in [6, 6.07) is 8.37. The first-order valence-corrected chi connectivity index (χ1v) is 8.62. The SMILES string of the molecule is C[C@@H](NC1CCCCCCC1)C(=O)c1c[nH]c2ccccc12. The van der Waals surface area contributed by atoms with Crippen molar-refractivity contribution in [3.8, 4) is 0 Å². The first-order valence-electron chi connectivity index (χ1n) is 8.62. The Balaban J connectivity index is 1.68. The third kappa shape index (κ3) is 3.41. The summed E-state index contributed by atoms with van der Waals surface area (Å²) in [5, 5.41) is 4.60. The van der Waals surface area contributed by atoms with Gasteiger partial charge in [0.1, 0.15) is 0 Å². The molecular formula is C19H26N2O. The van der Waals surface area contributed by atoms with E-state index in [9.17, 15) is 4.79 Å². The summed E-state index contributed by atoms with van der Waals surface area (Å²) < 4.78 is 0. The quantitative estimate of drug-likeness (QED) is 0.820. The monoisotopic (exact) mass is 298 g/mol. The molecule has 3 heteroatoms. The Hall–Kier alpha value is -1.61. The summed E-state index contributed by atoms with van der Waals surface area (Å²) >= 11 is 0. The first-order chi connectivity index (χ1) is 10.8. The van der Waals surface area contributed by atoms with Gasteiger partial charge in [0.15, 0.2) is 5.78 Å². The molecule has 0 saturated heterocycles. The van der Waals surface area contributed by atoms with Gasteiger partial charge in [0.25, 0.3) is 0 Å². The van der Waals surface area contributed by atoms with Crippen molar-refractivity contribution < 1.29 is 4.79 Å². The third-order valence-electron chi connectivity index (χ3n) is 4.84. The molecular weight excluding hydrogens is 272 g/mol. The molecule has 118 valence electrons. The number of ketones is 1. The molecule has 0 amide bonds. The van der Waals surface area contributed by atoms with Crippen LogP contribution < -0.4 is 5.32 Å². The summed E-state index contributed by atoms with van der Waals surface area (Å²) in [5.41, 5.74) is 1.84. The summed E-state index contributed by atoms with van der Waals surface area (Å²) in [5.74, 6) is 0.194. The lowest BCUT2D eigenvalue weighted by Gasteiger charge is -2.24. The van der Waals surface area contributed by atoms with Crippen molar-refractivity contribution in [2.45, 2.75) is 64.0 Å². The number of aromatic amines is 1. The van der Waals surface area contributed by atoms with Crippen molar-refractivity contribution in [3.63, 3.8) is 0 Å². The van der Waals surface area contributed by atoms with E-state index in [0.29, 0.717) is 6.04 Å². The van der Waals surface area contributed by atoms with Crippen LogP contribution in [0.5, 0.6) is 0 Å². The Morgan fingerprint density at radius 2 is 1.82 bits per heavy atom. The number of carbonyl (C=O) groups excluding carboxylic acids is 1. The molecule has 2 N–H and O–H groups in total. The molecule has 0 aliphatic heterocycles. The molecule has 22 heavy (non-hydrogen) atoms. The van der Waals surface area contributed by atoms with E-state index in [-0.39, 0.29) is 11.8 Å². The van der Waals surface area contributed by atoms with E-state index in [1.165, 1.54) is 44.9 Å². The second kappa shape index (κ2) is 7.10. The zero-order valence-corrected chi connectivity index (χ0v) is 13.4. The van der Waals surface area contributed by atoms with Crippen molar-refractivity contribution in [1.82, 2.24) is 10.3 Å². The minimum Gasteiger partial charge on any atom is -0.360 e. The van der Waals surface area contributed by atoms with E-state index in [2.05, 4.69) is 10.3 Å². The van der Waals surface area contributed by atoms with Gasteiger partial charge in [-0.15, -0.1) is 0 Å². The van der Waals surface area contributed by atoms with Crippen molar-refractivity contribution in [3.05, 3.63) is 36.0 Å². The fourth-order valence-corrected chi connectivity index (χ4v) is 3.56. The highest BCUT2D eigenvalue weighted by molar-refractivity contribution is 6.10. The van der Waals surface area contributed by atoms with Crippen LogP contribution in [0.25, 0.3) is 10.9 Å². The number of carbonyl (C=O) groups is 1. The topological polar surface area (TPSA) is 44.9 Å². The number of nitrogens with one attached hydrogen (secondary N) is 2. The van der Waals surface area contributed by atoms with E-state index in [0.717, 1.165) is 16.5 Å². The first kappa shape index (κ1) is 15.3. The van der Waals surface area contributed by atoms with Gasteiger partial charge in [0.2, 0.25) is 0 Å². The molecule has 0 spiro atoms. The van der Waals surface area contributed by atoms with Gasteiger partial charge in [-0.2, -0.15) is 0 Å². The standard InChI is InChI=1S/C19H26N2O/c1-14(21-15-9-5-3-2-4-6-10-15)19(22)17-13-20-18-12-8-7-11-16(17)18/h7-8,11-15,20-21H,2-6,9-10H2,1H3/t14-/m1/s1. The van der Waals surface area contributed by atoms with Gasteiger partial charge in [-0.3, -0.25) is 4.79 Å². The molecule has 3 nitrogen and oxygen atoms in total. The Morgan fingerprint density at radius 1 is 1.14 bits per heavy atom. The number of Topliss-reactive ketones (excluding diaryl/α,β-unsaturated/α-hetero) is 1. The van der Waals surface area contributed by atoms with E-state index in [4.69, 9.17) is 0 Å². The molecule has 3 rings (SSSR count). The van der Waals surface area contributed by atoms with E-state index in [1.54, 1.807) is 0 Å². The lowest BCUT2D eigenvalue weighted by atomic mass is 9.95. The lowest BCUT2D eigenvalue weighted by Crippen LogP contribution is -2.41. The number of benzene rings is 1. The second-order valence-corrected chi connectivity index (χ2v) is 6.54. The van der Waals surface area contributed by atoms with Gasteiger partial charge in [0, 0.05) is 28.7 Å². The van der Waals surface area contributed by atoms with Crippen LogP contribution in [0, 0.1) is 0 Å². The van der Waals surface area contributed by atoms with E-state index < -0.39 is 0 Å². The molecule has 0 radical (unpaired) electrons. The fraction of sp³-hybridized carbons (Fsp3) is 0.526. The highest BCUT2D eigenvalue weighted by Crippen LogP contribution is 2.21. The normalized spacial score (nSPS) is 18.8. The molecule has 1 fully saturated rings. The predicted octanol–water partition coefficient (Wildman–Crippen LogP) is 4.44. The van der Waals surface area contributed by atoms with Gasteiger partial charge in [-0.05, 0) is 25.8 Å². The number of rotatable bonds is 4. The Labute approximate surface area is 132 Å². The summed E-state index contributed by atoms with van der Waals surface area (Å²) in [7, 11) is 0. The average molecular weight is 298 g/mol. The zero-order chi connectivity index (χ0) is 15.4. The zero-order valence-electron chi connectivity index (χ0n) is 13.4. The molecule has 1 aromatic carbocycles. The van der Waals surface area contributed by atoms with Crippen LogP contribution in [0.1, 0.15) is 62.2 Å². The molecule has 1 aromatic heterocycles. The maximum Gasteiger partial charge on any atom is 0.181 e. The Morgan fingerprint density at radius 3 is 2.59 bits per heavy atom. The van der Waals surface area contributed by atoms with Crippen LogP contribution in [0.3, 0.4) is 0 Å². The number of aromatic nitrogens is 1. The van der Waals surface area contributed by atoms with Gasteiger partial charge < -0.3 is 10.3 Å². The molecule has 2 aromatic rings. The predicted molar refractivity (Wildman–Crippen MR) is 91.3 cm³/mol. The number of H-pyrrole nitrogens is 1. The maximum atomic E-state index is 12.8. The van der Waals surface area contributed by atoms with Crippen molar-refractivity contribution in [1.29, 1.82) is 0 Å². The van der Waals surface area contributed by atoms with E-state index in [1.807, 2.05) is 37.4 Å². The molecule has 0 unspecified atom stereocenters. The fourth-order valence-electron chi connectivity index (χ4n) is 3.56. The van der Waals surface area contributed by atoms with Crippen LogP contribution in [0.15, 0.2) is 30.5 Å². The van der Waals surface area contributed by atoms with E-state index >= 15 is 0 Å². The van der Waals surface area contributed by atoms with Crippen LogP contribution in [-0.4, -0.2) is 22.9 Å². The number of fused-ring (bicyclic) bond motifs is 1. The van der Waals surface area contributed by atoms with Crippen molar-refractivity contribution >= 4 is 16.7 Å². The van der Waals surface area contributed by atoms with Crippen molar-refractivity contribution in [2.24, 2.45) is 0 Å². The number of para-hydroxylation sites is 1. The summed E-state index contributed by atoms with van der Waals surface area (Å²) in [4.78, 5) is 16.0. The molecule has 0 bridgehead atoms.